The minimum absolute atomic E-state index is 0.0735. The van der Waals surface area contributed by atoms with Crippen LogP contribution in [0.15, 0.2) is 0 Å². The van der Waals surface area contributed by atoms with E-state index in [2.05, 4.69) is 5.32 Å². The fraction of sp³-hybridized carbons (Fsp3) is 0.818. The number of Topliss-reactive ketones (excluding diaryl/α,β-unsaturated/α-hetero) is 1. The third-order valence-corrected chi connectivity index (χ3v) is 4.22. The molecule has 2 aliphatic carbocycles. The van der Waals surface area contributed by atoms with Crippen LogP contribution in [0.2, 0.25) is 0 Å². The van der Waals surface area contributed by atoms with Gasteiger partial charge >= 0.3 is 0 Å². The summed E-state index contributed by atoms with van der Waals surface area (Å²) in [6, 6.07) is 0. The Morgan fingerprint density at radius 2 is 2.14 bits per heavy atom. The van der Waals surface area contributed by atoms with Gasteiger partial charge in [-0.25, -0.2) is 0 Å². The molecule has 0 heterocycles. The zero-order chi connectivity index (χ0) is 10.6. The van der Waals surface area contributed by atoms with Gasteiger partial charge in [0.15, 0.2) is 5.78 Å². The average Bonchev–Trinajstić information content (AvgIpc) is 2.66. The van der Waals surface area contributed by atoms with Crippen molar-refractivity contribution in [2.45, 2.75) is 33.1 Å². The quantitative estimate of drug-likeness (QED) is 0.637. The van der Waals surface area contributed by atoms with E-state index in [0.717, 1.165) is 19.3 Å². The first-order chi connectivity index (χ1) is 6.45. The van der Waals surface area contributed by atoms with Gasteiger partial charge in [-0.3, -0.25) is 9.59 Å². The number of rotatable bonds is 1. The van der Waals surface area contributed by atoms with E-state index in [1.54, 1.807) is 7.05 Å². The van der Waals surface area contributed by atoms with Gasteiger partial charge in [-0.15, -0.1) is 0 Å². The summed E-state index contributed by atoms with van der Waals surface area (Å²) >= 11 is 0. The zero-order valence-electron chi connectivity index (χ0n) is 9.02. The minimum atomic E-state index is -0.678. The molecule has 2 fully saturated rings. The van der Waals surface area contributed by atoms with E-state index in [1.165, 1.54) is 0 Å². The highest BCUT2D eigenvalue weighted by Gasteiger charge is 2.64. The molecule has 2 aliphatic rings. The molecule has 14 heavy (non-hydrogen) atoms. The van der Waals surface area contributed by atoms with Crippen molar-refractivity contribution in [1.82, 2.24) is 5.32 Å². The van der Waals surface area contributed by atoms with Crippen LogP contribution >= 0.6 is 0 Å². The third kappa shape index (κ3) is 0.877. The fourth-order valence-electron chi connectivity index (χ4n) is 3.22. The molecule has 3 heteroatoms. The number of hydrogen-bond acceptors (Lipinski definition) is 2. The number of hydrogen-bond donors (Lipinski definition) is 1. The van der Waals surface area contributed by atoms with Crippen LogP contribution in [-0.4, -0.2) is 18.7 Å². The first-order valence-electron chi connectivity index (χ1n) is 5.22. The van der Waals surface area contributed by atoms with Gasteiger partial charge in [-0.05, 0) is 25.2 Å². The van der Waals surface area contributed by atoms with Crippen molar-refractivity contribution in [2.75, 3.05) is 7.05 Å². The number of nitrogens with one attached hydrogen (secondary N) is 1. The van der Waals surface area contributed by atoms with E-state index < -0.39 is 5.41 Å². The molecule has 2 atom stereocenters. The SMILES string of the molecule is CNC(=O)[C@@]12CC[C@H](C1)C(C)(C)C2=O. The van der Waals surface area contributed by atoms with E-state index in [1.807, 2.05) is 13.8 Å². The summed E-state index contributed by atoms with van der Waals surface area (Å²) in [5.41, 5.74) is -0.965. The molecule has 2 rings (SSSR count). The third-order valence-electron chi connectivity index (χ3n) is 4.22. The second kappa shape index (κ2) is 2.59. The van der Waals surface area contributed by atoms with Gasteiger partial charge in [0.05, 0.1) is 0 Å². The predicted octanol–water partition coefficient (Wildman–Crippen LogP) is 1.13. The molecule has 0 radical (unpaired) electrons. The van der Waals surface area contributed by atoms with E-state index in [-0.39, 0.29) is 17.1 Å². The normalized spacial score (nSPS) is 38.8. The van der Waals surface area contributed by atoms with Gasteiger partial charge < -0.3 is 5.32 Å². The van der Waals surface area contributed by atoms with Gasteiger partial charge in [-0.1, -0.05) is 13.8 Å². The minimum Gasteiger partial charge on any atom is -0.358 e. The molecular weight excluding hydrogens is 178 g/mol. The molecular formula is C11H17NO2. The first kappa shape index (κ1) is 9.69. The molecule has 78 valence electrons. The van der Waals surface area contributed by atoms with E-state index in [9.17, 15) is 9.59 Å². The molecule has 0 aromatic carbocycles. The van der Waals surface area contributed by atoms with Crippen LogP contribution in [-0.2, 0) is 9.59 Å². The Kier molecular flexibility index (Phi) is 1.79. The van der Waals surface area contributed by atoms with Crippen molar-refractivity contribution in [2.24, 2.45) is 16.7 Å². The average molecular weight is 195 g/mol. The van der Waals surface area contributed by atoms with E-state index in [4.69, 9.17) is 0 Å². The summed E-state index contributed by atoms with van der Waals surface area (Å²) < 4.78 is 0. The Bertz CT molecular complexity index is 308. The molecule has 1 amide bonds. The van der Waals surface area contributed by atoms with Crippen LogP contribution in [0.3, 0.4) is 0 Å². The summed E-state index contributed by atoms with van der Waals surface area (Å²) in [7, 11) is 1.61. The largest absolute Gasteiger partial charge is 0.358 e. The fourth-order valence-corrected chi connectivity index (χ4v) is 3.22. The van der Waals surface area contributed by atoms with Crippen molar-refractivity contribution in [3.63, 3.8) is 0 Å². The Balaban J connectivity index is 2.40. The Labute approximate surface area is 84.2 Å². The molecule has 0 aromatic heterocycles. The van der Waals surface area contributed by atoms with Crippen LogP contribution in [0, 0.1) is 16.7 Å². The lowest BCUT2D eigenvalue weighted by molar-refractivity contribution is -0.144. The number of amides is 1. The zero-order valence-corrected chi connectivity index (χ0v) is 9.02. The van der Waals surface area contributed by atoms with Crippen molar-refractivity contribution >= 4 is 11.7 Å². The van der Waals surface area contributed by atoms with Crippen molar-refractivity contribution in [3.05, 3.63) is 0 Å². The predicted molar refractivity (Wildman–Crippen MR) is 52.6 cm³/mol. The molecule has 0 unspecified atom stereocenters. The molecule has 2 saturated carbocycles. The monoisotopic (exact) mass is 195 g/mol. The van der Waals surface area contributed by atoms with E-state index >= 15 is 0 Å². The van der Waals surface area contributed by atoms with Crippen LogP contribution in [0.25, 0.3) is 0 Å². The summed E-state index contributed by atoms with van der Waals surface area (Å²) in [5, 5.41) is 2.63. The van der Waals surface area contributed by atoms with Crippen molar-refractivity contribution in [3.8, 4) is 0 Å². The lowest BCUT2D eigenvalue weighted by atomic mass is 9.70. The molecule has 0 spiro atoms. The molecule has 1 N–H and O–H groups in total. The van der Waals surface area contributed by atoms with Crippen LogP contribution in [0.5, 0.6) is 0 Å². The Morgan fingerprint density at radius 3 is 2.57 bits per heavy atom. The Morgan fingerprint density at radius 1 is 1.50 bits per heavy atom. The van der Waals surface area contributed by atoms with Gasteiger partial charge in [0, 0.05) is 12.5 Å². The molecule has 3 nitrogen and oxygen atoms in total. The first-order valence-corrected chi connectivity index (χ1v) is 5.22. The summed E-state index contributed by atoms with van der Waals surface area (Å²) in [4.78, 5) is 23.9. The number of fused-ring (bicyclic) bond motifs is 2. The summed E-state index contributed by atoms with van der Waals surface area (Å²) in [6.07, 6.45) is 2.53. The second-order valence-corrected chi connectivity index (χ2v) is 5.15. The summed E-state index contributed by atoms with van der Waals surface area (Å²) in [6.45, 7) is 3.95. The Hall–Kier alpha value is -0.860. The number of carbonyl (C=O) groups is 2. The lowest BCUT2D eigenvalue weighted by Gasteiger charge is -2.32. The van der Waals surface area contributed by atoms with Crippen LogP contribution < -0.4 is 5.32 Å². The molecule has 0 saturated heterocycles. The topological polar surface area (TPSA) is 46.2 Å². The standard InChI is InChI=1S/C11H17NO2/c1-10(2)7-4-5-11(6-7,8(10)13)9(14)12-3/h7H,4-6H2,1-3H3,(H,12,14)/t7-,11+/m1/s1. The van der Waals surface area contributed by atoms with Gasteiger partial charge in [0.2, 0.25) is 5.91 Å². The smallest absolute Gasteiger partial charge is 0.233 e. The highest BCUT2D eigenvalue weighted by Crippen LogP contribution is 2.60. The molecule has 0 aromatic rings. The van der Waals surface area contributed by atoms with Gasteiger partial charge in [0.25, 0.3) is 0 Å². The van der Waals surface area contributed by atoms with Crippen molar-refractivity contribution in [1.29, 1.82) is 0 Å². The highest BCUT2D eigenvalue weighted by atomic mass is 16.2. The van der Waals surface area contributed by atoms with Crippen LogP contribution in [0.4, 0.5) is 0 Å². The van der Waals surface area contributed by atoms with Gasteiger partial charge in [-0.2, -0.15) is 0 Å². The maximum absolute atomic E-state index is 12.1. The highest BCUT2D eigenvalue weighted by molar-refractivity contribution is 6.10. The lowest BCUT2D eigenvalue weighted by Crippen LogP contribution is -2.46. The maximum Gasteiger partial charge on any atom is 0.233 e. The number of carbonyl (C=O) groups excluding carboxylic acids is 2. The number of ketones is 1. The maximum atomic E-state index is 12.1. The molecule has 2 bridgehead atoms. The van der Waals surface area contributed by atoms with Crippen molar-refractivity contribution < 1.29 is 9.59 Å². The van der Waals surface area contributed by atoms with Crippen LogP contribution in [0.1, 0.15) is 33.1 Å². The van der Waals surface area contributed by atoms with E-state index in [0.29, 0.717) is 5.92 Å². The summed E-state index contributed by atoms with van der Waals surface area (Å²) in [5.74, 6) is 0.489. The molecule has 0 aliphatic heterocycles. The van der Waals surface area contributed by atoms with Gasteiger partial charge in [0.1, 0.15) is 5.41 Å². The second-order valence-electron chi connectivity index (χ2n) is 5.15.